The van der Waals surface area contributed by atoms with E-state index in [1.165, 1.54) is 0 Å². The van der Waals surface area contributed by atoms with E-state index >= 15 is 0 Å². The minimum absolute atomic E-state index is 0.00586. The number of amides is 1. The zero-order valence-electron chi connectivity index (χ0n) is 17.8. The summed E-state index contributed by atoms with van der Waals surface area (Å²) in [5, 5.41) is 12.9. The van der Waals surface area contributed by atoms with Crippen molar-refractivity contribution in [1.82, 2.24) is 9.97 Å². The summed E-state index contributed by atoms with van der Waals surface area (Å²) in [4.78, 5) is 43.3. The van der Waals surface area contributed by atoms with Crippen LogP contribution >= 0.6 is 11.8 Å². The maximum atomic E-state index is 12.5. The fraction of sp³-hybridized carbons (Fsp3) is 0.217. The fourth-order valence-corrected chi connectivity index (χ4v) is 3.50. The SMILES string of the molecule is CC(C)(C)OC(=O)Nc1ccc(C(=O)CSc2nc(O)c(-c3ccccc3)c(=O)[nH]2)cc1. The van der Waals surface area contributed by atoms with Crippen molar-refractivity contribution in [2.24, 2.45) is 0 Å². The minimum atomic E-state index is -0.611. The monoisotopic (exact) mass is 453 g/mol. The number of ether oxygens (including phenoxy) is 1. The molecule has 32 heavy (non-hydrogen) atoms. The molecule has 0 bridgehead atoms. The lowest BCUT2D eigenvalue weighted by Gasteiger charge is -2.19. The molecular formula is C23H23N3O5S. The van der Waals surface area contributed by atoms with E-state index in [-0.39, 0.29) is 22.3 Å². The molecule has 0 aliphatic heterocycles. The molecule has 0 saturated carbocycles. The van der Waals surface area contributed by atoms with Crippen LogP contribution in [0, 0.1) is 0 Å². The topological polar surface area (TPSA) is 121 Å². The van der Waals surface area contributed by atoms with E-state index in [9.17, 15) is 19.5 Å². The zero-order valence-corrected chi connectivity index (χ0v) is 18.7. The van der Waals surface area contributed by atoms with E-state index in [2.05, 4.69) is 15.3 Å². The number of benzene rings is 2. The molecule has 0 radical (unpaired) electrons. The Balaban J connectivity index is 1.62. The van der Waals surface area contributed by atoms with Gasteiger partial charge in [-0.25, -0.2) is 4.79 Å². The molecule has 0 aliphatic rings. The molecule has 0 spiro atoms. The predicted molar refractivity (Wildman–Crippen MR) is 123 cm³/mol. The summed E-state index contributed by atoms with van der Waals surface area (Å²) in [7, 11) is 0. The molecule has 3 N–H and O–H groups in total. The molecule has 2 aromatic carbocycles. The van der Waals surface area contributed by atoms with Gasteiger partial charge in [-0.15, -0.1) is 0 Å². The quantitative estimate of drug-likeness (QED) is 0.286. The van der Waals surface area contributed by atoms with Crippen molar-refractivity contribution >= 4 is 29.3 Å². The van der Waals surface area contributed by atoms with Gasteiger partial charge in [0.25, 0.3) is 5.56 Å². The van der Waals surface area contributed by atoms with Crippen LogP contribution in [0.3, 0.4) is 0 Å². The van der Waals surface area contributed by atoms with E-state index in [0.29, 0.717) is 16.8 Å². The Bertz CT molecular complexity index is 1170. The number of ketones is 1. The van der Waals surface area contributed by atoms with E-state index in [1.807, 2.05) is 0 Å². The van der Waals surface area contributed by atoms with Crippen molar-refractivity contribution in [3.8, 4) is 17.0 Å². The molecule has 9 heteroatoms. The maximum absolute atomic E-state index is 12.5. The molecular weight excluding hydrogens is 430 g/mol. The number of aromatic nitrogens is 2. The highest BCUT2D eigenvalue weighted by Gasteiger charge is 2.17. The summed E-state index contributed by atoms with van der Waals surface area (Å²) >= 11 is 1.01. The number of anilines is 1. The van der Waals surface area contributed by atoms with Crippen molar-refractivity contribution in [1.29, 1.82) is 0 Å². The third-order valence-corrected chi connectivity index (χ3v) is 5.01. The summed E-state index contributed by atoms with van der Waals surface area (Å²) in [5.74, 6) is -0.591. The Morgan fingerprint density at radius 1 is 1.09 bits per heavy atom. The highest BCUT2D eigenvalue weighted by atomic mass is 32.2. The number of nitrogens with one attached hydrogen (secondary N) is 2. The van der Waals surface area contributed by atoms with Gasteiger partial charge in [0.1, 0.15) is 11.2 Å². The molecule has 0 aliphatic carbocycles. The smallest absolute Gasteiger partial charge is 0.412 e. The van der Waals surface area contributed by atoms with Crippen LogP contribution in [0.25, 0.3) is 11.1 Å². The number of aromatic amines is 1. The Kier molecular flexibility index (Phi) is 6.99. The zero-order chi connectivity index (χ0) is 23.3. The first-order chi connectivity index (χ1) is 15.1. The van der Waals surface area contributed by atoms with Gasteiger partial charge in [0.15, 0.2) is 10.9 Å². The normalized spacial score (nSPS) is 11.1. The number of H-pyrrole nitrogens is 1. The first kappa shape index (κ1) is 23.1. The number of aromatic hydroxyl groups is 1. The standard InChI is InChI=1S/C23H23N3O5S/c1-23(2,3)31-22(30)24-16-11-9-14(10-12-16)17(27)13-32-21-25-19(28)18(20(29)26-21)15-7-5-4-6-8-15/h4-12H,13H2,1-3H3,(H,24,30)(H2,25,26,28,29). The third kappa shape index (κ3) is 6.21. The van der Waals surface area contributed by atoms with Gasteiger partial charge in [-0.1, -0.05) is 42.1 Å². The van der Waals surface area contributed by atoms with Gasteiger partial charge in [0.2, 0.25) is 5.88 Å². The Labute approximate surface area is 189 Å². The molecule has 1 heterocycles. The Hall–Kier alpha value is -3.59. The van der Waals surface area contributed by atoms with Crippen molar-refractivity contribution in [3.05, 3.63) is 70.5 Å². The lowest BCUT2D eigenvalue weighted by molar-refractivity contribution is 0.0635. The van der Waals surface area contributed by atoms with E-state index in [4.69, 9.17) is 4.74 Å². The highest BCUT2D eigenvalue weighted by Crippen LogP contribution is 2.25. The van der Waals surface area contributed by atoms with Crippen molar-refractivity contribution < 1.29 is 19.4 Å². The number of carbonyl (C=O) groups is 2. The van der Waals surface area contributed by atoms with Crippen LogP contribution in [0.1, 0.15) is 31.1 Å². The summed E-state index contributed by atoms with van der Waals surface area (Å²) in [6.45, 7) is 5.30. The van der Waals surface area contributed by atoms with E-state index in [0.717, 1.165) is 11.8 Å². The van der Waals surface area contributed by atoms with Crippen molar-refractivity contribution in [2.75, 3.05) is 11.1 Å². The second-order valence-corrected chi connectivity index (χ2v) is 8.82. The number of hydrogen-bond acceptors (Lipinski definition) is 7. The van der Waals surface area contributed by atoms with Crippen LogP contribution in [-0.4, -0.2) is 38.3 Å². The highest BCUT2D eigenvalue weighted by molar-refractivity contribution is 7.99. The summed E-state index contributed by atoms with van der Waals surface area (Å²) in [6.07, 6.45) is -0.582. The molecule has 0 saturated heterocycles. The number of nitrogens with zero attached hydrogens (tertiary/aromatic N) is 1. The van der Waals surface area contributed by atoms with Crippen molar-refractivity contribution in [3.63, 3.8) is 0 Å². The minimum Gasteiger partial charge on any atom is -0.493 e. The maximum Gasteiger partial charge on any atom is 0.412 e. The lowest BCUT2D eigenvalue weighted by Crippen LogP contribution is -2.27. The largest absolute Gasteiger partial charge is 0.493 e. The average Bonchev–Trinajstić information content (AvgIpc) is 2.71. The predicted octanol–water partition coefficient (Wildman–Crippen LogP) is 4.46. The second kappa shape index (κ2) is 9.69. The lowest BCUT2D eigenvalue weighted by atomic mass is 10.1. The fourth-order valence-electron chi connectivity index (χ4n) is 2.75. The first-order valence-corrected chi connectivity index (χ1v) is 10.8. The van der Waals surface area contributed by atoms with Gasteiger partial charge in [0.05, 0.1) is 5.75 Å². The number of thioether (sulfide) groups is 1. The first-order valence-electron chi connectivity index (χ1n) is 9.77. The van der Waals surface area contributed by atoms with E-state index in [1.54, 1.807) is 75.4 Å². The van der Waals surface area contributed by atoms with Crippen LogP contribution < -0.4 is 10.9 Å². The van der Waals surface area contributed by atoms with Gasteiger partial charge in [-0.05, 0) is 50.6 Å². The van der Waals surface area contributed by atoms with Gasteiger partial charge in [-0.2, -0.15) is 4.98 Å². The molecule has 1 aromatic heterocycles. The number of carbonyl (C=O) groups excluding carboxylic acids is 2. The molecule has 8 nitrogen and oxygen atoms in total. The molecule has 0 atom stereocenters. The number of rotatable bonds is 6. The Morgan fingerprint density at radius 2 is 1.75 bits per heavy atom. The van der Waals surface area contributed by atoms with Crippen molar-refractivity contribution in [2.45, 2.75) is 31.5 Å². The van der Waals surface area contributed by atoms with Gasteiger partial charge in [0, 0.05) is 11.3 Å². The summed E-state index contributed by atoms with van der Waals surface area (Å²) < 4.78 is 5.19. The molecule has 166 valence electrons. The van der Waals surface area contributed by atoms with Crippen LogP contribution in [0.15, 0.2) is 64.5 Å². The molecule has 1 amide bonds. The summed E-state index contributed by atoms with van der Waals surface area (Å²) in [6, 6.07) is 15.1. The van der Waals surface area contributed by atoms with Gasteiger partial charge >= 0.3 is 6.09 Å². The van der Waals surface area contributed by atoms with Crippen LogP contribution in [0.5, 0.6) is 5.88 Å². The average molecular weight is 454 g/mol. The van der Waals surface area contributed by atoms with Gasteiger partial charge in [-0.3, -0.25) is 14.9 Å². The number of hydrogen-bond donors (Lipinski definition) is 3. The second-order valence-electron chi connectivity index (χ2n) is 7.85. The Morgan fingerprint density at radius 3 is 2.34 bits per heavy atom. The molecule has 0 fully saturated rings. The molecule has 3 aromatic rings. The molecule has 0 unspecified atom stereocenters. The van der Waals surface area contributed by atoms with Crippen LogP contribution in [-0.2, 0) is 4.74 Å². The number of Topliss-reactive ketones (excluding diaryl/α,β-unsaturated/α-hetero) is 1. The van der Waals surface area contributed by atoms with E-state index < -0.39 is 23.1 Å². The third-order valence-electron chi connectivity index (χ3n) is 4.13. The van der Waals surface area contributed by atoms with Crippen LogP contribution in [0.2, 0.25) is 0 Å². The summed E-state index contributed by atoms with van der Waals surface area (Å²) in [5.41, 5.74) is 0.451. The van der Waals surface area contributed by atoms with Gasteiger partial charge < -0.3 is 14.8 Å². The molecule has 3 rings (SSSR count). The van der Waals surface area contributed by atoms with Crippen LogP contribution in [0.4, 0.5) is 10.5 Å².